The molecule has 1 heterocycles. The van der Waals surface area contributed by atoms with Gasteiger partial charge in [-0.2, -0.15) is 0 Å². The zero-order valence-corrected chi connectivity index (χ0v) is 10.5. The second-order valence-electron chi connectivity index (χ2n) is 4.29. The molecule has 1 aliphatic rings. The molecule has 0 amide bonds. The first-order chi connectivity index (χ1) is 9.13. The molecule has 0 unspecified atom stereocenters. The number of aliphatic hydroxyl groups excluding tert-OH is 1. The van der Waals surface area contributed by atoms with Gasteiger partial charge >= 0.3 is 5.97 Å². The van der Waals surface area contributed by atoms with Crippen LogP contribution in [0.25, 0.3) is 0 Å². The van der Waals surface area contributed by atoms with Crippen LogP contribution in [0.5, 0.6) is 0 Å². The van der Waals surface area contributed by atoms with Crippen molar-refractivity contribution in [3.05, 3.63) is 35.9 Å². The van der Waals surface area contributed by atoms with Gasteiger partial charge in [-0.1, -0.05) is 35.5 Å². The highest BCUT2D eigenvalue weighted by Gasteiger charge is 2.33. The van der Waals surface area contributed by atoms with E-state index in [4.69, 9.17) is 10.6 Å². The third-order valence-electron chi connectivity index (χ3n) is 3.02. The standard InChI is InChI=1S/C13H16N2O4/c1-18-13(17)11(14)12(16)9-7-10(19-15-9)8-5-3-2-4-6-8/h2-6,10-12,16H,7,14H2,1H3/t10-,11+,12-/m1/s1. The lowest BCUT2D eigenvalue weighted by molar-refractivity contribution is -0.143. The minimum absolute atomic E-state index is 0.254. The van der Waals surface area contributed by atoms with Gasteiger partial charge < -0.3 is 20.4 Å². The monoisotopic (exact) mass is 264 g/mol. The zero-order chi connectivity index (χ0) is 13.8. The number of nitrogens with two attached hydrogens (primary N) is 1. The van der Waals surface area contributed by atoms with Crippen molar-refractivity contribution >= 4 is 11.7 Å². The maximum Gasteiger partial charge on any atom is 0.325 e. The molecule has 1 aromatic carbocycles. The van der Waals surface area contributed by atoms with Crippen LogP contribution in [-0.4, -0.2) is 36.0 Å². The van der Waals surface area contributed by atoms with Crippen molar-refractivity contribution in [1.29, 1.82) is 0 Å². The van der Waals surface area contributed by atoms with E-state index >= 15 is 0 Å². The number of hydrogen-bond acceptors (Lipinski definition) is 6. The number of aliphatic hydroxyl groups is 1. The number of rotatable bonds is 4. The number of methoxy groups -OCH3 is 1. The van der Waals surface area contributed by atoms with Gasteiger partial charge in [-0.15, -0.1) is 0 Å². The topological polar surface area (TPSA) is 94.1 Å². The highest BCUT2D eigenvalue weighted by Crippen LogP contribution is 2.28. The lowest BCUT2D eigenvalue weighted by Crippen LogP contribution is -2.46. The second-order valence-corrected chi connectivity index (χ2v) is 4.29. The lowest BCUT2D eigenvalue weighted by atomic mass is 9.99. The molecule has 6 nitrogen and oxygen atoms in total. The number of benzene rings is 1. The average Bonchev–Trinajstić information content (AvgIpc) is 2.95. The second kappa shape index (κ2) is 5.81. The predicted molar refractivity (Wildman–Crippen MR) is 68.3 cm³/mol. The minimum Gasteiger partial charge on any atom is -0.468 e. The molecule has 1 aromatic rings. The van der Waals surface area contributed by atoms with Crippen molar-refractivity contribution in [2.75, 3.05) is 7.11 Å². The summed E-state index contributed by atoms with van der Waals surface area (Å²) in [6.07, 6.45) is -1.05. The van der Waals surface area contributed by atoms with E-state index in [0.717, 1.165) is 5.56 Å². The average molecular weight is 264 g/mol. The van der Waals surface area contributed by atoms with Crippen LogP contribution in [0.15, 0.2) is 35.5 Å². The van der Waals surface area contributed by atoms with E-state index in [2.05, 4.69) is 9.89 Å². The Kier molecular flexibility index (Phi) is 4.13. The molecular weight excluding hydrogens is 248 g/mol. The molecule has 0 bridgehead atoms. The van der Waals surface area contributed by atoms with Gasteiger partial charge in [0.1, 0.15) is 12.1 Å². The van der Waals surface area contributed by atoms with E-state index in [9.17, 15) is 9.90 Å². The predicted octanol–water partition coefficient (Wildman–Crippen LogP) is 0.365. The summed E-state index contributed by atoms with van der Waals surface area (Å²) in [6.45, 7) is 0. The van der Waals surface area contributed by atoms with Gasteiger partial charge in [-0.05, 0) is 5.56 Å². The van der Waals surface area contributed by atoms with Crippen LogP contribution in [0.4, 0.5) is 0 Å². The lowest BCUT2D eigenvalue weighted by Gasteiger charge is -2.15. The van der Waals surface area contributed by atoms with Gasteiger partial charge in [-0.3, -0.25) is 4.79 Å². The smallest absolute Gasteiger partial charge is 0.325 e. The SMILES string of the molecule is COC(=O)[C@@H](N)[C@H](O)C1=NO[C@@H](c2ccccc2)C1. The number of esters is 1. The molecule has 0 aromatic heterocycles. The van der Waals surface area contributed by atoms with Gasteiger partial charge in [0.25, 0.3) is 0 Å². The van der Waals surface area contributed by atoms with Crippen LogP contribution in [0, 0.1) is 0 Å². The maximum absolute atomic E-state index is 11.3. The van der Waals surface area contributed by atoms with E-state index in [-0.39, 0.29) is 6.10 Å². The largest absolute Gasteiger partial charge is 0.468 e. The first kappa shape index (κ1) is 13.5. The van der Waals surface area contributed by atoms with E-state index in [0.29, 0.717) is 12.1 Å². The maximum atomic E-state index is 11.3. The van der Waals surface area contributed by atoms with Crippen LogP contribution in [-0.2, 0) is 14.4 Å². The summed E-state index contributed by atoms with van der Waals surface area (Å²) in [6, 6.07) is 8.37. The summed E-state index contributed by atoms with van der Waals surface area (Å²) < 4.78 is 4.48. The van der Waals surface area contributed by atoms with Crippen molar-refractivity contribution < 1.29 is 19.5 Å². The Morgan fingerprint density at radius 1 is 1.53 bits per heavy atom. The Bertz CT molecular complexity index is 475. The van der Waals surface area contributed by atoms with Crippen LogP contribution >= 0.6 is 0 Å². The Hall–Kier alpha value is -1.92. The fraction of sp³-hybridized carbons (Fsp3) is 0.385. The van der Waals surface area contributed by atoms with Gasteiger partial charge in [0.2, 0.25) is 0 Å². The quantitative estimate of drug-likeness (QED) is 0.766. The summed E-state index contributed by atoms with van der Waals surface area (Å²) in [5.74, 6) is -0.682. The number of ether oxygens (including phenoxy) is 1. The molecular formula is C13H16N2O4. The Morgan fingerprint density at radius 2 is 2.21 bits per heavy atom. The first-order valence-electron chi connectivity index (χ1n) is 5.92. The molecule has 0 radical (unpaired) electrons. The highest BCUT2D eigenvalue weighted by atomic mass is 16.6. The molecule has 3 atom stereocenters. The third-order valence-corrected chi connectivity index (χ3v) is 3.02. The molecule has 0 spiro atoms. The molecule has 0 saturated heterocycles. The van der Waals surface area contributed by atoms with Crippen LogP contribution in [0.2, 0.25) is 0 Å². The van der Waals surface area contributed by atoms with Crippen LogP contribution in [0.3, 0.4) is 0 Å². The summed E-state index contributed by atoms with van der Waals surface area (Å²) in [5.41, 5.74) is 6.89. The molecule has 3 N–H and O–H groups in total. The Balaban J connectivity index is 2.00. The fourth-order valence-electron chi connectivity index (χ4n) is 1.89. The van der Waals surface area contributed by atoms with Crippen molar-refractivity contribution in [2.45, 2.75) is 24.7 Å². The number of nitrogens with zero attached hydrogens (tertiary/aromatic N) is 1. The van der Waals surface area contributed by atoms with Crippen molar-refractivity contribution in [2.24, 2.45) is 10.9 Å². The van der Waals surface area contributed by atoms with Gasteiger partial charge in [-0.25, -0.2) is 0 Å². The van der Waals surface area contributed by atoms with E-state index < -0.39 is 18.1 Å². The summed E-state index contributed by atoms with van der Waals surface area (Å²) >= 11 is 0. The van der Waals surface area contributed by atoms with Crippen LogP contribution < -0.4 is 5.73 Å². The molecule has 102 valence electrons. The van der Waals surface area contributed by atoms with Crippen molar-refractivity contribution in [3.8, 4) is 0 Å². The summed E-state index contributed by atoms with van der Waals surface area (Å²) in [5, 5.41) is 13.8. The van der Waals surface area contributed by atoms with Gasteiger partial charge in [0, 0.05) is 6.42 Å². The molecule has 0 saturated carbocycles. The highest BCUT2D eigenvalue weighted by molar-refractivity contribution is 5.94. The number of hydrogen-bond donors (Lipinski definition) is 2. The Labute approximate surface area is 110 Å². The Morgan fingerprint density at radius 3 is 2.84 bits per heavy atom. The number of oxime groups is 1. The number of carbonyl (C=O) groups is 1. The molecule has 1 aliphatic heterocycles. The minimum atomic E-state index is -1.19. The molecule has 0 fully saturated rings. The van der Waals surface area contributed by atoms with E-state index in [1.54, 1.807) is 0 Å². The normalized spacial score (nSPS) is 21.2. The number of carbonyl (C=O) groups excluding carboxylic acids is 1. The molecule has 19 heavy (non-hydrogen) atoms. The van der Waals surface area contributed by atoms with E-state index in [1.165, 1.54) is 7.11 Å². The van der Waals surface area contributed by atoms with Gasteiger partial charge in [0.15, 0.2) is 6.10 Å². The fourth-order valence-corrected chi connectivity index (χ4v) is 1.89. The van der Waals surface area contributed by atoms with Gasteiger partial charge in [0.05, 0.1) is 12.8 Å². The first-order valence-corrected chi connectivity index (χ1v) is 5.92. The third kappa shape index (κ3) is 2.91. The van der Waals surface area contributed by atoms with Crippen LogP contribution in [0.1, 0.15) is 18.1 Å². The van der Waals surface area contributed by atoms with E-state index in [1.807, 2.05) is 30.3 Å². The van der Waals surface area contributed by atoms with Crippen molar-refractivity contribution in [3.63, 3.8) is 0 Å². The molecule has 0 aliphatic carbocycles. The molecule has 6 heteroatoms. The molecule has 2 rings (SSSR count). The summed E-state index contributed by atoms with van der Waals surface area (Å²) in [4.78, 5) is 16.5. The zero-order valence-electron chi connectivity index (χ0n) is 10.5. The summed E-state index contributed by atoms with van der Waals surface area (Å²) in [7, 11) is 1.22. The van der Waals surface area contributed by atoms with Crippen molar-refractivity contribution in [1.82, 2.24) is 0 Å².